The third-order valence-electron chi connectivity index (χ3n) is 17.3. The lowest BCUT2D eigenvalue weighted by Crippen LogP contribution is -2.61. The Bertz CT molecular complexity index is 4670. The van der Waals surface area contributed by atoms with Gasteiger partial charge >= 0.3 is 12.2 Å². The number of unbranched alkanes of at least 4 members (excludes halogenated alkanes) is 1. The average Bonchev–Trinajstić information content (AvgIpc) is 1.73. The van der Waals surface area contributed by atoms with Crippen LogP contribution in [0.3, 0.4) is 0 Å². The number of carbonyl (C=O) groups excluding carboxylic acids is 2. The Kier molecular flexibility index (Phi) is 19.9. The van der Waals surface area contributed by atoms with Gasteiger partial charge in [0, 0.05) is 51.8 Å². The standard InChI is InChI=1S/C67H56Cl4F6N14O10/c1-33-80-61(90(84-33)50-25-39(68)15-17-42(50)70)58-57(55(56-52(98-58)31-95-64(99-56)36-13-7-4-8-14-36)88-28-48(82-86-88)37-21-44(72)53(76)45(73)22-37)100-65(92)78-19-9-10-20-79-66(93)101-60-59(62-81-34(2)85-91(62)51-26-40(69)16-18-43(51)71)97-41-27-67(60,32-96-63(94-30-41)35-11-5-3-6-12-35)89-29-49(83-87-89)38-23-46(74)54(77)47(75)24-38/h3-8,11-18,21-26,28-29,41,52,55-60,63-64H,9-10,19-20,27,30-32H2,1-2H3,(H,78,92)(H,79,93). The zero-order valence-electron chi connectivity index (χ0n) is 52.9. The molecule has 0 spiro atoms. The summed E-state index contributed by atoms with van der Waals surface area (Å²) < 4.78 is 146. The number of benzene rings is 6. The van der Waals surface area contributed by atoms with Crippen molar-refractivity contribution in [3.05, 3.63) is 223 Å². The van der Waals surface area contributed by atoms with Gasteiger partial charge in [0.15, 0.2) is 83.5 Å². The molecule has 4 saturated heterocycles. The molecule has 2 amide bonds. The van der Waals surface area contributed by atoms with Gasteiger partial charge in [-0.25, -0.2) is 64.6 Å². The Morgan fingerprint density at radius 1 is 0.594 bits per heavy atom. The van der Waals surface area contributed by atoms with Crippen LogP contribution >= 0.6 is 46.4 Å². The van der Waals surface area contributed by atoms with Gasteiger partial charge in [0.1, 0.15) is 46.8 Å². The van der Waals surface area contributed by atoms with Gasteiger partial charge < -0.3 is 48.5 Å². The molecule has 11 atom stereocenters. The van der Waals surface area contributed by atoms with Crippen LogP contribution in [-0.2, 0) is 43.4 Å². The van der Waals surface area contributed by atoms with E-state index < -0.39 is 114 Å². The first-order valence-electron chi connectivity index (χ1n) is 31.5. The highest BCUT2D eigenvalue weighted by Crippen LogP contribution is 2.49. The van der Waals surface area contributed by atoms with Crippen LogP contribution in [-0.4, -0.2) is 135 Å². The topological polar surface area (TPSA) is 255 Å². The maximum Gasteiger partial charge on any atom is 0.407 e. The molecular formula is C67H56Cl4F6N14O10. The second-order valence-electron chi connectivity index (χ2n) is 24.1. The number of hydrogen-bond acceptors (Lipinski definition) is 18. The first kappa shape index (κ1) is 69.0. The second-order valence-corrected chi connectivity index (χ2v) is 25.8. The van der Waals surface area contributed by atoms with Gasteiger partial charge in [0.2, 0.25) is 0 Å². The number of alkyl carbamates (subject to hydrolysis) is 2. The van der Waals surface area contributed by atoms with Crippen LogP contribution in [0, 0.1) is 48.8 Å². The molecule has 0 aliphatic carbocycles. The molecule has 11 unspecified atom stereocenters. The summed E-state index contributed by atoms with van der Waals surface area (Å²) in [6.07, 6.45) is -9.53. The van der Waals surface area contributed by atoms with Gasteiger partial charge in [-0.15, -0.1) is 10.2 Å². The van der Waals surface area contributed by atoms with E-state index in [0.717, 1.165) is 24.3 Å². The van der Waals surface area contributed by atoms with Crippen molar-refractivity contribution in [2.75, 3.05) is 32.9 Å². The monoisotopic (exact) mass is 1470 g/mol. The van der Waals surface area contributed by atoms with Crippen LogP contribution in [0.1, 0.15) is 84.5 Å². The zero-order valence-corrected chi connectivity index (χ0v) is 55.9. The van der Waals surface area contributed by atoms with Crippen molar-refractivity contribution < 1.29 is 73.8 Å². The van der Waals surface area contributed by atoms with Crippen LogP contribution in [0.25, 0.3) is 33.9 Å². The number of nitrogens with zero attached hydrogens (tertiary/aromatic N) is 12. The Morgan fingerprint density at radius 3 is 1.70 bits per heavy atom. The molecule has 4 aromatic heterocycles. The fourth-order valence-electron chi connectivity index (χ4n) is 12.7. The van der Waals surface area contributed by atoms with E-state index in [4.69, 9.17) is 94.3 Å². The fraction of sp³-hybridized carbons (Fsp3) is 0.313. The number of amides is 2. The van der Waals surface area contributed by atoms with Crippen LogP contribution < -0.4 is 10.6 Å². The molecule has 0 radical (unpaired) electrons. The van der Waals surface area contributed by atoms with Gasteiger partial charge in [-0.3, -0.25) is 0 Å². The molecule has 0 saturated carbocycles. The van der Waals surface area contributed by atoms with Gasteiger partial charge in [-0.05, 0) is 87.4 Å². The van der Waals surface area contributed by atoms with E-state index in [0.29, 0.717) is 21.2 Å². The van der Waals surface area contributed by atoms with Crippen molar-refractivity contribution in [3.8, 4) is 33.9 Å². The lowest BCUT2D eigenvalue weighted by molar-refractivity contribution is -0.318. The zero-order chi connectivity index (χ0) is 70.4. The van der Waals surface area contributed by atoms with Crippen molar-refractivity contribution in [2.45, 2.75) is 100.0 Å². The third kappa shape index (κ3) is 14.2. The van der Waals surface area contributed by atoms with E-state index in [2.05, 4.69) is 41.5 Å². The minimum Gasteiger partial charge on any atom is -0.441 e. The Labute approximate surface area is 589 Å². The highest BCUT2D eigenvalue weighted by molar-refractivity contribution is 6.35. The molecule has 8 heterocycles. The van der Waals surface area contributed by atoms with E-state index in [9.17, 15) is 35.9 Å². The number of aryl methyl sites for hydroxylation is 2. The summed E-state index contributed by atoms with van der Waals surface area (Å²) in [4.78, 5) is 38.8. The smallest absolute Gasteiger partial charge is 0.407 e. The molecule has 2 bridgehead atoms. The molecule has 2 N–H and O–H groups in total. The normalized spacial score (nSPS) is 23.5. The molecule has 4 fully saturated rings. The molecule has 34 heteroatoms. The second kappa shape index (κ2) is 29.1. The van der Waals surface area contributed by atoms with Crippen molar-refractivity contribution in [1.82, 2.24) is 70.2 Å². The average molecular weight is 1470 g/mol. The lowest BCUT2D eigenvalue weighted by Gasteiger charge is -2.50. The number of halogens is 10. The van der Waals surface area contributed by atoms with Crippen molar-refractivity contribution in [3.63, 3.8) is 0 Å². The van der Waals surface area contributed by atoms with Gasteiger partial charge in [-0.2, -0.15) is 10.2 Å². The largest absolute Gasteiger partial charge is 0.441 e. The molecule has 4 aliphatic heterocycles. The minimum atomic E-state index is -1.69. The summed E-state index contributed by atoms with van der Waals surface area (Å²) in [6, 6.07) is 29.2. The third-order valence-corrected chi connectivity index (χ3v) is 18.4. The predicted molar refractivity (Wildman–Crippen MR) is 347 cm³/mol. The number of fused-ring (bicyclic) bond motifs is 3. The summed E-state index contributed by atoms with van der Waals surface area (Å²) in [5.74, 6) is -8.62. The van der Waals surface area contributed by atoms with E-state index in [1.807, 2.05) is 12.1 Å². The molecule has 4 aliphatic rings. The highest BCUT2D eigenvalue weighted by Gasteiger charge is 2.59. The number of aromatic nitrogens is 12. The van der Waals surface area contributed by atoms with E-state index in [-0.39, 0.29) is 119 Å². The lowest BCUT2D eigenvalue weighted by atomic mass is 9.80. The van der Waals surface area contributed by atoms with E-state index in [1.54, 1.807) is 98.8 Å². The molecule has 10 aromatic rings. The van der Waals surface area contributed by atoms with Gasteiger partial charge in [0.05, 0.1) is 59.7 Å². The number of ether oxygens (including phenoxy) is 8. The number of rotatable bonds is 17. The quantitative estimate of drug-likeness (QED) is 0.0488. The Hall–Kier alpha value is -9.08. The molecule has 524 valence electrons. The van der Waals surface area contributed by atoms with Gasteiger partial charge in [0.25, 0.3) is 0 Å². The summed E-state index contributed by atoms with van der Waals surface area (Å²) in [6.45, 7) is 2.58. The van der Waals surface area contributed by atoms with Gasteiger partial charge in [-0.1, -0.05) is 117 Å². The molecule has 6 aromatic carbocycles. The molecule has 24 nitrogen and oxygen atoms in total. The Morgan fingerprint density at radius 2 is 1.12 bits per heavy atom. The van der Waals surface area contributed by atoms with Crippen molar-refractivity contribution >= 4 is 58.6 Å². The maximum absolute atomic E-state index is 14.8. The number of carbonyl (C=O) groups is 2. The van der Waals surface area contributed by atoms with Crippen molar-refractivity contribution in [2.24, 2.45) is 0 Å². The molecular weight excluding hydrogens is 1420 g/mol. The van der Waals surface area contributed by atoms with Crippen LogP contribution in [0.4, 0.5) is 35.9 Å². The predicted octanol–water partition coefficient (Wildman–Crippen LogP) is 12.9. The molecule has 101 heavy (non-hydrogen) atoms. The summed E-state index contributed by atoms with van der Waals surface area (Å²) in [5, 5.41) is 33.3. The SMILES string of the molecule is Cc1nc(C2OC3COC(c4ccccc4)OC3C(n3cc(-c4cc(F)c(F)c(F)c4)nn3)C2OC(=O)NCCCCNC(=O)OC2C(c3nc(C)nn3-c3cc(Cl)ccc3Cl)OC3COC(c4ccccc4)OCC2(n2cc(-c4cc(F)c(F)c(F)c4)nn2)C3)n(-c2cc(Cl)ccc2Cl)n1. The summed E-state index contributed by atoms with van der Waals surface area (Å²) in [5.41, 5.74) is -0.344. The molecule has 14 rings (SSSR count). The van der Waals surface area contributed by atoms with E-state index >= 15 is 0 Å². The van der Waals surface area contributed by atoms with Crippen molar-refractivity contribution in [1.29, 1.82) is 0 Å². The first-order valence-corrected chi connectivity index (χ1v) is 33.0. The fourth-order valence-corrected chi connectivity index (χ4v) is 13.4. The van der Waals surface area contributed by atoms with E-state index in [1.165, 1.54) is 31.1 Å². The summed E-state index contributed by atoms with van der Waals surface area (Å²) >= 11 is 26.7. The van der Waals surface area contributed by atoms with Crippen LogP contribution in [0.2, 0.25) is 20.1 Å². The minimum absolute atomic E-state index is 0.0512. The Balaban J connectivity index is 0.745. The number of nitrogens with one attached hydrogen (secondary N) is 2. The first-order chi connectivity index (χ1) is 48.7. The highest BCUT2D eigenvalue weighted by atomic mass is 35.5. The van der Waals surface area contributed by atoms with Crippen LogP contribution in [0.5, 0.6) is 0 Å². The maximum atomic E-state index is 14.8. The summed E-state index contributed by atoms with van der Waals surface area (Å²) in [7, 11) is 0. The van der Waals surface area contributed by atoms with Crippen LogP contribution in [0.15, 0.2) is 134 Å². The number of hydrogen-bond donors (Lipinski definition) is 2.